The van der Waals surface area contributed by atoms with Crippen LogP contribution in [0.4, 0.5) is 0 Å². The predicted molar refractivity (Wildman–Crippen MR) is 316 cm³/mol. The van der Waals surface area contributed by atoms with Crippen LogP contribution in [0.25, 0.3) is 0 Å². The number of aliphatic hydroxyl groups excluding tert-OH is 1. The van der Waals surface area contributed by atoms with Gasteiger partial charge in [-0.15, -0.1) is 0 Å². The summed E-state index contributed by atoms with van der Waals surface area (Å²) in [5.74, 6) is -1.46. The molecule has 0 saturated carbocycles. The number of carbonyl (C=O) groups excluding carboxylic acids is 3. The van der Waals surface area contributed by atoms with Crippen molar-refractivity contribution in [3.8, 4) is 0 Å². The molecule has 0 aromatic heterocycles. The summed E-state index contributed by atoms with van der Waals surface area (Å²) in [6, 6.07) is 0. The molecule has 0 bridgehead atoms. The molecule has 0 rings (SSSR count). The molecule has 12 heteroatoms. The molecule has 0 aliphatic rings. The first-order chi connectivity index (χ1) is 37.2. The monoisotopic (exact) mass is 1090 g/mol. The number of ether oxygens (including phenoxy) is 3. The highest BCUT2D eigenvalue weighted by molar-refractivity contribution is 7.47. The largest absolute Gasteiger partial charge is 0.472 e. The van der Waals surface area contributed by atoms with E-state index in [-0.39, 0.29) is 25.9 Å². The van der Waals surface area contributed by atoms with Gasteiger partial charge in [0.05, 0.1) is 19.8 Å². The smallest absolute Gasteiger partial charge is 0.462 e. The van der Waals surface area contributed by atoms with Crippen molar-refractivity contribution in [2.24, 2.45) is 0 Å². The maximum Gasteiger partial charge on any atom is 0.472 e. The quantitative estimate of drug-likeness (QED) is 0.0197. The van der Waals surface area contributed by atoms with Crippen LogP contribution >= 0.6 is 7.82 Å². The van der Waals surface area contributed by atoms with Gasteiger partial charge in [0.1, 0.15) is 12.7 Å². The minimum absolute atomic E-state index is 0.159. The highest BCUT2D eigenvalue weighted by Gasteiger charge is 2.28. The molecule has 76 heavy (non-hydrogen) atoms. The average molecular weight is 1090 g/mol. The summed E-state index contributed by atoms with van der Waals surface area (Å²) in [6.07, 6.45) is 63.5. The summed E-state index contributed by atoms with van der Waals surface area (Å²) in [6.45, 7) is 4.56. The second-order valence-electron chi connectivity index (χ2n) is 21.2. The summed E-state index contributed by atoms with van der Waals surface area (Å²) in [5.41, 5.74) is 0. The Bertz CT molecular complexity index is 1460. The first kappa shape index (κ1) is 73.4. The Hall–Kier alpha value is -2.56. The van der Waals surface area contributed by atoms with Crippen molar-refractivity contribution in [3.05, 3.63) is 48.6 Å². The van der Waals surface area contributed by atoms with Crippen molar-refractivity contribution in [1.29, 1.82) is 0 Å². The molecule has 0 amide bonds. The molecule has 0 radical (unpaired) electrons. The van der Waals surface area contributed by atoms with Gasteiger partial charge in [0, 0.05) is 19.3 Å². The van der Waals surface area contributed by atoms with E-state index in [1.54, 1.807) is 0 Å². The first-order valence-electron chi connectivity index (χ1n) is 31.5. The number of unbranched alkanes of at least 4 members (excludes halogenated alkanes) is 34. The van der Waals surface area contributed by atoms with E-state index in [0.717, 1.165) is 89.9 Å². The molecular formula is C64H117O11P. The summed E-state index contributed by atoms with van der Waals surface area (Å²) in [5, 5.41) is 9.83. The number of aliphatic hydroxyl groups is 1. The molecule has 0 heterocycles. The number of rotatable bonds is 59. The number of carbonyl (C=O) groups is 3. The van der Waals surface area contributed by atoms with E-state index in [9.17, 15) is 28.9 Å². The van der Waals surface area contributed by atoms with Gasteiger partial charge in [0.15, 0.2) is 6.10 Å². The second kappa shape index (κ2) is 58.6. The van der Waals surface area contributed by atoms with Crippen molar-refractivity contribution < 1.29 is 52.2 Å². The van der Waals surface area contributed by atoms with Gasteiger partial charge in [-0.05, 0) is 77.0 Å². The normalized spacial score (nSPS) is 13.6. The Morgan fingerprint density at radius 1 is 0.382 bits per heavy atom. The van der Waals surface area contributed by atoms with Gasteiger partial charge in [-0.3, -0.25) is 23.4 Å². The van der Waals surface area contributed by atoms with E-state index in [0.29, 0.717) is 19.3 Å². The molecule has 0 aromatic rings. The predicted octanol–water partition coefficient (Wildman–Crippen LogP) is 18.9. The van der Waals surface area contributed by atoms with Gasteiger partial charge in [0.25, 0.3) is 0 Å². The van der Waals surface area contributed by atoms with E-state index >= 15 is 0 Å². The van der Waals surface area contributed by atoms with Crippen LogP contribution in [0.5, 0.6) is 0 Å². The lowest BCUT2D eigenvalue weighted by Crippen LogP contribution is -2.30. The van der Waals surface area contributed by atoms with Crippen LogP contribution in [-0.2, 0) is 42.2 Å². The molecule has 0 saturated heterocycles. The summed E-state index contributed by atoms with van der Waals surface area (Å²) in [4.78, 5) is 48.7. The van der Waals surface area contributed by atoms with Gasteiger partial charge < -0.3 is 24.2 Å². The first-order valence-corrected chi connectivity index (χ1v) is 33.0. The third-order valence-electron chi connectivity index (χ3n) is 13.7. The van der Waals surface area contributed by atoms with Gasteiger partial charge in [-0.25, -0.2) is 4.57 Å². The number of phosphoric acid groups is 1. The fraction of sp³-hybridized carbons (Fsp3) is 0.828. The van der Waals surface area contributed by atoms with Crippen LogP contribution in [0.1, 0.15) is 303 Å². The van der Waals surface area contributed by atoms with Gasteiger partial charge in [-0.2, -0.15) is 0 Å². The number of esters is 3. The van der Waals surface area contributed by atoms with Crippen LogP contribution in [0.15, 0.2) is 48.6 Å². The topological polar surface area (TPSA) is 155 Å². The van der Waals surface area contributed by atoms with Gasteiger partial charge in [-0.1, -0.05) is 256 Å². The fourth-order valence-electron chi connectivity index (χ4n) is 8.96. The fourth-order valence-corrected chi connectivity index (χ4v) is 9.74. The van der Waals surface area contributed by atoms with E-state index in [1.807, 2.05) is 0 Å². The van der Waals surface area contributed by atoms with Crippen molar-refractivity contribution in [1.82, 2.24) is 0 Å². The maximum absolute atomic E-state index is 12.9. The van der Waals surface area contributed by atoms with Crippen molar-refractivity contribution >= 4 is 25.7 Å². The van der Waals surface area contributed by atoms with Crippen LogP contribution in [0.2, 0.25) is 0 Å². The minimum Gasteiger partial charge on any atom is -0.462 e. The van der Waals surface area contributed by atoms with E-state index < -0.39 is 57.8 Å². The lowest BCUT2D eigenvalue weighted by Gasteiger charge is -2.21. The van der Waals surface area contributed by atoms with Crippen molar-refractivity contribution in [2.45, 2.75) is 315 Å². The number of phosphoric ester groups is 1. The average Bonchev–Trinajstić information content (AvgIpc) is 3.41. The molecular weight excluding hydrogens is 976 g/mol. The molecule has 0 spiro atoms. The number of hydrogen-bond acceptors (Lipinski definition) is 10. The molecule has 0 aliphatic heterocycles. The van der Waals surface area contributed by atoms with Crippen LogP contribution in [-0.4, -0.2) is 66.5 Å². The summed E-state index contributed by atoms with van der Waals surface area (Å²) >= 11 is 0. The zero-order chi connectivity index (χ0) is 55.5. The molecule has 0 fully saturated rings. The molecule has 0 aromatic carbocycles. The molecule has 2 N–H and O–H groups in total. The Kier molecular flexibility index (Phi) is 56.6. The van der Waals surface area contributed by atoms with E-state index in [2.05, 4.69) is 69.4 Å². The Morgan fingerprint density at radius 3 is 1.07 bits per heavy atom. The lowest BCUT2D eigenvalue weighted by molar-refractivity contribution is -0.161. The molecule has 3 atom stereocenters. The van der Waals surface area contributed by atoms with E-state index in [1.165, 1.54) is 154 Å². The Labute approximate surface area is 466 Å². The zero-order valence-corrected chi connectivity index (χ0v) is 50.1. The number of allylic oxidation sites excluding steroid dienone is 8. The van der Waals surface area contributed by atoms with Gasteiger partial charge >= 0.3 is 25.7 Å². The maximum atomic E-state index is 12.9. The lowest BCUT2D eigenvalue weighted by atomic mass is 10.0. The minimum atomic E-state index is -4.75. The van der Waals surface area contributed by atoms with Crippen molar-refractivity contribution in [3.63, 3.8) is 0 Å². The highest BCUT2D eigenvalue weighted by atomic mass is 31.2. The molecule has 444 valence electrons. The summed E-state index contributed by atoms with van der Waals surface area (Å²) in [7, 11) is -4.75. The SMILES string of the molecule is CC/C=C\C/C=C\C/C=C\CCCCCCCC(=O)OC(CO)COP(=O)(O)OCC(COC(=O)CCCCCCCCCCCCCCCCC)OC(=O)CCCCCCCCCCC/C=C\CCCCCCCC. The van der Waals surface area contributed by atoms with Crippen LogP contribution in [0, 0.1) is 0 Å². The Morgan fingerprint density at radius 2 is 0.684 bits per heavy atom. The molecule has 11 nitrogen and oxygen atoms in total. The standard InChI is InChI=1S/C64H117O11P/c1-4-7-10-13-16-19-22-25-28-29-30-31-34-37-40-43-46-49-52-55-64(68)75-61(57-71-62(66)53-50-47-44-41-38-35-32-26-23-20-17-14-11-8-5-2)59-73-76(69,70)72-58-60(56-65)74-63(67)54-51-48-45-42-39-36-33-27-24-21-18-15-12-9-6-3/h9,12,18,21,25,27-28,33,60-61,65H,4-8,10-11,13-17,19-20,22-24,26,29-32,34-59H2,1-3H3,(H,69,70)/b12-9-,21-18-,28-25-,33-27-. The molecule has 0 aliphatic carbocycles. The highest BCUT2D eigenvalue weighted by Crippen LogP contribution is 2.43. The van der Waals surface area contributed by atoms with Crippen LogP contribution < -0.4 is 0 Å². The summed E-state index contributed by atoms with van der Waals surface area (Å²) < 4.78 is 39.6. The second-order valence-corrected chi connectivity index (χ2v) is 22.7. The van der Waals surface area contributed by atoms with Crippen LogP contribution in [0.3, 0.4) is 0 Å². The number of hydrogen-bond donors (Lipinski definition) is 2. The third-order valence-corrected chi connectivity index (χ3v) is 14.7. The zero-order valence-electron chi connectivity index (χ0n) is 49.2. The Balaban J connectivity index is 4.69. The molecule has 3 unspecified atom stereocenters. The van der Waals surface area contributed by atoms with E-state index in [4.69, 9.17) is 23.3 Å². The van der Waals surface area contributed by atoms with Gasteiger partial charge in [0.2, 0.25) is 0 Å². The third kappa shape index (κ3) is 56.2. The van der Waals surface area contributed by atoms with Crippen molar-refractivity contribution in [2.75, 3.05) is 26.4 Å².